The lowest BCUT2D eigenvalue weighted by Gasteiger charge is -2.10. The van der Waals surface area contributed by atoms with Gasteiger partial charge in [-0.05, 0) is 42.7 Å². The van der Waals surface area contributed by atoms with Crippen LogP contribution in [0.3, 0.4) is 0 Å². The molecule has 2 aromatic carbocycles. The van der Waals surface area contributed by atoms with Gasteiger partial charge in [0.15, 0.2) is 0 Å². The summed E-state index contributed by atoms with van der Waals surface area (Å²) in [4.78, 5) is 0. The van der Waals surface area contributed by atoms with E-state index in [-0.39, 0.29) is 5.82 Å². The topological polar surface area (TPSA) is 21.3 Å². The number of rotatable bonds is 5. The molecule has 1 N–H and O–H groups in total. The molecule has 110 valence electrons. The Balaban J connectivity index is 1.78. The third-order valence-corrected chi connectivity index (χ3v) is 3.77. The summed E-state index contributed by atoms with van der Waals surface area (Å²) in [6.45, 7) is 0.627. The maximum atomic E-state index is 13.7. The molecule has 3 rings (SSSR count). The van der Waals surface area contributed by atoms with Crippen molar-refractivity contribution in [2.45, 2.75) is 25.4 Å². The van der Waals surface area contributed by atoms with E-state index in [4.69, 9.17) is 27.9 Å². The van der Waals surface area contributed by atoms with Crippen LogP contribution in [-0.2, 0) is 6.54 Å². The van der Waals surface area contributed by atoms with Crippen LogP contribution in [0.4, 0.5) is 4.39 Å². The van der Waals surface area contributed by atoms with E-state index >= 15 is 0 Å². The van der Waals surface area contributed by atoms with Crippen LogP contribution in [0.2, 0.25) is 10.0 Å². The monoisotopic (exact) mass is 325 g/mol. The lowest BCUT2D eigenvalue weighted by Crippen LogP contribution is -2.15. The second kappa shape index (κ2) is 6.22. The van der Waals surface area contributed by atoms with Crippen molar-refractivity contribution in [3.05, 3.63) is 57.8 Å². The Kier molecular flexibility index (Phi) is 4.34. The van der Waals surface area contributed by atoms with E-state index in [1.165, 1.54) is 25.0 Å². The van der Waals surface area contributed by atoms with Crippen LogP contribution < -0.4 is 10.1 Å². The molecule has 0 heterocycles. The second-order valence-electron chi connectivity index (χ2n) is 5.13. The van der Waals surface area contributed by atoms with E-state index < -0.39 is 0 Å². The summed E-state index contributed by atoms with van der Waals surface area (Å²) >= 11 is 12.0. The van der Waals surface area contributed by atoms with Gasteiger partial charge in [0.25, 0.3) is 0 Å². The van der Waals surface area contributed by atoms with E-state index in [2.05, 4.69) is 5.32 Å². The molecule has 0 radical (unpaired) electrons. The van der Waals surface area contributed by atoms with Crippen LogP contribution in [0, 0.1) is 5.82 Å². The largest absolute Gasteiger partial charge is 0.456 e. The van der Waals surface area contributed by atoms with Crippen molar-refractivity contribution in [1.29, 1.82) is 0 Å². The van der Waals surface area contributed by atoms with Gasteiger partial charge in [-0.1, -0.05) is 23.2 Å². The van der Waals surface area contributed by atoms with Crippen molar-refractivity contribution in [2.75, 3.05) is 0 Å². The van der Waals surface area contributed by atoms with E-state index in [0.29, 0.717) is 34.1 Å². The number of nitrogens with one attached hydrogen (secondary N) is 1. The highest BCUT2D eigenvalue weighted by Gasteiger charge is 2.20. The lowest BCUT2D eigenvalue weighted by atomic mass is 10.2. The molecule has 0 aliphatic heterocycles. The van der Waals surface area contributed by atoms with Crippen molar-refractivity contribution < 1.29 is 9.13 Å². The van der Waals surface area contributed by atoms with Gasteiger partial charge in [0.1, 0.15) is 17.3 Å². The molecular weight excluding hydrogens is 312 g/mol. The van der Waals surface area contributed by atoms with Crippen LogP contribution in [0.5, 0.6) is 11.5 Å². The zero-order valence-corrected chi connectivity index (χ0v) is 12.7. The summed E-state index contributed by atoms with van der Waals surface area (Å²) in [5, 5.41) is 4.29. The SMILES string of the molecule is Fc1cc(CNC2CC2)cc(Oc2cc(Cl)ccc2Cl)c1. The maximum absolute atomic E-state index is 13.7. The van der Waals surface area contributed by atoms with Crippen molar-refractivity contribution in [1.82, 2.24) is 5.32 Å². The molecule has 0 saturated heterocycles. The molecule has 0 unspecified atom stereocenters. The molecule has 1 saturated carbocycles. The summed E-state index contributed by atoms with van der Waals surface area (Å²) in [6, 6.07) is 10.1. The predicted octanol–water partition coefficient (Wildman–Crippen LogP) is 5.18. The minimum atomic E-state index is -0.335. The van der Waals surface area contributed by atoms with E-state index in [1.54, 1.807) is 24.3 Å². The summed E-state index contributed by atoms with van der Waals surface area (Å²) in [5.41, 5.74) is 0.843. The molecule has 1 aliphatic rings. The summed E-state index contributed by atoms with van der Waals surface area (Å²) in [7, 11) is 0. The first kappa shape index (κ1) is 14.6. The van der Waals surface area contributed by atoms with Gasteiger partial charge in [0.05, 0.1) is 5.02 Å². The highest BCUT2D eigenvalue weighted by molar-refractivity contribution is 6.34. The normalized spacial score (nSPS) is 14.2. The van der Waals surface area contributed by atoms with Crippen LogP contribution in [0.15, 0.2) is 36.4 Å². The van der Waals surface area contributed by atoms with Gasteiger partial charge in [-0.15, -0.1) is 0 Å². The van der Waals surface area contributed by atoms with Gasteiger partial charge in [-0.25, -0.2) is 4.39 Å². The Labute approximate surface area is 132 Å². The first-order valence-corrected chi connectivity index (χ1v) is 7.51. The summed E-state index contributed by atoms with van der Waals surface area (Å²) < 4.78 is 19.3. The number of benzene rings is 2. The van der Waals surface area contributed by atoms with Crippen LogP contribution in [-0.4, -0.2) is 6.04 Å². The Morgan fingerprint density at radius 2 is 1.95 bits per heavy atom. The molecule has 1 fully saturated rings. The van der Waals surface area contributed by atoms with Crippen molar-refractivity contribution >= 4 is 23.2 Å². The average Bonchev–Trinajstić information content (AvgIpc) is 3.24. The Hall–Kier alpha value is -1.29. The van der Waals surface area contributed by atoms with Gasteiger partial charge >= 0.3 is 0 Å². The molecule has 2 nitrogen and oxygen atoms in total. The molecule has 5 heteroatoms. The van der Waals surface area contributed by atoms with Gasteiger partial charge in [-0.3, -0.25) is 0 Å². The van der Waals surface area contributed by atoms with Crippen molar-refractivity contribution in [3.8, 4) is 11.5 Å². The highest BCUT2D eigenvalue weighted by Crippen LogP contribution is 2.32. The lowest BCUT2D eigenvalue weighted by molar-refractivity contribution is 0.475. The van der Waals surface area contributed by atoms with Crippen molar-refractivity contribution in [3.63, 3.8) is 0 Å². The molecule has 0 amide bonds. The van der Waals surface area contributed by atoms with Crippen LogP contribution in [0.25, 0.3) is 0 Å². The minimum Gasteiger partial charge on any atom is -0.456 e. The molecule has 0 atom stereocenters. The average molecular weight is 326 g/mol. The smallest absolute Gasteiger partial charge is 0.147 e. The quantitative estimate of drug-likeness (QED) is 0.818. The summed E-state index contributed by atoms with van der Waals surface area (Å²) in [6.07, 6.45) is 2.38. The van der Waals surface area contributed by atoms with Crippen LogP contribution in [0.1, 0.15) is 18.4 Å². The fraction of sp³-hybridized carbons (Fsp3) is 0.250. The third-order valence-electron chi connectivity index (χ3n) is 3.22. The van der Waals surface area contributed by atoms with Gasteiger partial charge in [0, 0.05) is 29.7 Å². The molecule has 21 heavy (non-hydrogen) atoms. The molecular formula is C16H14Cl2FNO. The molecule has 0 aromatic heterocycles. The summed E-state index contributed by atoms with van der Waals surface area (Å²) in [5.74, 6) is 0.487. The zero-order chi connectivity index (χ0) is 14.8. The number of ether oxygens (including phenoxy) is 1. The third kappa shape index (κ3) is 4.10. The van der Waals surface area contributed by atoms with E-state index in [0.717, 1.165) is 5.56 Å². The molecule has 0 spiro atoms. The second-order valence-corrected chi connectivity index (χ2v) is 5.97. The fourth-order valence-corrected chi connectivity index (χ4v) is 2.33. The number of hydrogen-bond acceptors (Lipinski definition) is 2. The zero-order valence-electron chi connectivity index (χ0n) is 11.2. The molecule has 0 bridgehead atoms. The van der Waals surface area contributed by atoms with E-state index in [9.17, 15) is 4.39 Å². The van der Waals surface area contributed by atoms with Gasteiger partial charge in [0.2, 0.25) is 0 Å². The highest BCUT2D eigenvalue weighted by atomic mass is 35.5. The maximum Gasteiger partial charge on any atom is 0.147 e. The number of halogens is 3. The van der Waals surface area contributed by atoms with Gasteiger partial charge < -0.3 is 10.1 Å². The predicted molar refractivity (Wildman–Crippen MR) is 82.8 cm³/mol. The first-order valence-electron chi connectivity index (χ1n) is 6.76. The standard InChI is InChI=1S/C16H14Cl2FNO/c17-11-1-4-15(18)16(7-11)21-14-6-10(5-12(19)8-14)9-20-13-2-3-13/h1,4-8,13,20H,2-3,9H2. The van der Waals surface area contributed by atoms with Crippen molar-refractivity contribution in [2.24, 2.45) is 0 Å². The van der Waals surface area contributed by atoms with E-state index in [1.807, 2.05) is 0 Å². The molecule has 1 aliphatic carbocycles. The van der Waals surface area contributed by atoms with Gasteiger partial charge in [-0.2, -0.15) is 0 Å². The first-order chi connectivity index (χ1) is 10.1. The Morgan fingerprint density at radius 1 is 1.14 bits per heavy atom. The Morgan fingerprint density at radius 3 is 2.71 bits per heavy atom. The minimum absolute atomic E-state index is 0.335. The van der Waals surface area contributed by atoms with Crippen LogP contribution >= 0.6 is 23.2 Å². The molecule has 2 aromatic rings. The number of hydrogen-bond donors (Lipinski definition) is 1. The fourth-order valence-electron chi connectivity index (χ4n) is 2.01. The Bertz CT molecular complexity index is 659.